The zero-order valence-electron chi connectivity index (χ0n) is 14.0. The van der Waals surface area contributed by atoms with E-state index in [1.54, 1.807) is 35.2 Å². The fourth-order valence-electron chi connectivity index (χ4n) is 2.76. The van der Waals surface area contributed by atoms with Gasteiger partial charge in [0.15, 0.2) is 5.78 Å². The van der Waals surface area contributed by atoms with Gasteiger partial charge in [-0.05, 0) is 56.2 Å². The van der Waals surface area contributed by atoms with Crippen LogP contribution in [-0.4, -0.2) is 40.6 Å². The molecular formula is C19H19N3O3. The number of anilines is 1. The van der Waals surface area contributed by atoms with Crippen molar-refractivity contribution in [3.05, 3.63) is 59.4 Å². The molecule has 1 aliphatic rings. The molecule has 128 valence electrons. The van der Waals surface area contributed by atoms with Crippen molar-refractivity contribution in [3.63, 3.8) is 0 Å². The Hall–Kier alpha value is -3.02. The molecule has 0 atom stereocenters. The highest BCUT2D eigenvalue weighted by molar-refractivity contribution is 6.06. The molecule has 3 rings (SSSR count). The van der Waals surface area contributed by atoms with E-state index in [0.29, 0.717) is 16.8 Å². The zero-order chi connectivity index (χ0) is 17.8. The summed E-state index contributed by atoms with van der Waals surface area (Å²) in [6.07, 6.45) is 3.47. The lowest BCUT2D eigenvalue weighted by Crippen LogP contribution is -2.28. The Labute approximate surface area is 145 Å². The van der Waals surface area contributed by atoms with E-state index in [4.69, 9.17) is 0 Å². The van der Waals surface area contributed by atoms with Gasteiger partial charge < -0.3 is 10.2 Å². The third kappa shape index (κ3) is 3.91. The van der Waals surface area contributed by atoms with Gasteiger partial charge in [-0.1, -0.05) is 0 Å². The number of nitrogens with one attached hydrogen (secondary N) is 1. The maximum Gasteiger partial charge on any atom is 0.272 e. The van der Waals surface area contributed by atoms with Gasteiger partial charge >= 0.3 is 0 Å². The molecule has 0 aliphatic carbocycles. The Bertz CT molecular complexity index is 809. The summed E-state index contributed by atoms with van der Waals surface area (Å²) in [7, 11) is 0. The van der Waals surface area contributed by atoms with Gasteiger partial charge in [0.05, 0.1) is 0 Å². The SMILES string of the molecule is CC(=O)c1ccc(NC(=O)c2ccnc(C(=O)N3CCCC3)c2)cc1. The number of aromatic nitrogens is 1. The topological polar surface area (TPSA) is 79.4 Å². The molecule has 6 nitrogen and oxygen atoms in total. The molecule has 0 radical (unpaired) electrons. The number of ketones is 1. The number of pyridine rings is 1. The fourth-order valence-corrected chi connectivity index (χ4v) is 2.76. The number of rotatable bonds is 4. The molecule has 6 heteroatoms. The fraction of sp³-hybridized carbons (Fsp3) is 0.263. The molecule has 0 unspecified atom stereocenters. The van der Waals surface area contributed by atoms with Crippen LogP contribution in [0.4, 0.5) is 5.69 Å². The smallest absolute Gasteiger partial charge is 0.272 e. The summed E-state index contributed by atoms with van der Waals surface area (Å²) in [4.78, 5) is 41.9. The van der Waals surface area contributed by atoms with E-state index in [2.05, 4.69) is 10.3 Å². The molecule has 2 aromatic rings. The number of Topliss-reactive ketones (excluding diaryl/α,β-unsaturated/α-hetero) is 1. The van der Waals surface area contributed by atoms with Crippen LogP contribution in [0.15, 0.2) is 42.6 Å². The normalized spacial score (nSPS) is 13.6. The maximum absolute atomic E-state index is 12.4. The monoisotopic (exact) mass is 337 g/mol. The molecule has 2 amide bonds. The molecule has 2 heterocycles. The van der Waals surface area contributed by atoms with Gasteiger partial charge in [-0.15, -0.1) is 0 Å². The average Bonchev–Trinajstić information content (AvgIpc) is 3.16. The highest BCUT2D eigenvalue weighted by atomic mass is 16.2. The molecule has 0 saturated carbocycles. The third-order valence-electron chi connectivity index (χ3n) is 4.18. The van der Waals surface area contributed by atoms with Crippen molar-refractivity contribution in [1.29, 1.82) is 0 Å². The van der Waals surface area contributed by atoms with Crippen LogP contribution in [0, 0.1) is 0 Å². The Morgan fingerprint density at radius 1 is 1.00 bits per heavy atom. The molecule has 1 aliphatic heterocycles. The molecule has 0 spiro atoms. The largest absolute Gasteiger partial charge is 0.337 e. The predicted octanol–water partition coefficient (Wildman–Crippen LogP) is 2.77. The van der Waals surface area contributed by atoms with Crippen LogP contribution in [-0.2, 0) is 0 Å². The first-order chi connectivity index (χ1) is 12.0. The minimum atomic E-state index is -0.326. The van der Waals surface area contributed by atoms with Gasteiger partial charge in [-0.2, -0.15) is 0 Å². The minimum Gasteiger partial charge on any atom is -0.337 e. The zero-order valence-corrected chi connectivity index (χ0v) is 14.0. The van der Waals surface area contributed by atoms with Crippen LogP contribution in [0.3, 0.4) is 0 Å². The number of carbonyl (C=O) groups excluding carboxylic acids is 3. The van der Waals surface area contributed by atoms with Gasteiger partial charge in [0.25, 0.3) is 11.8 Å². The lowest BCUT2D eigenvalue weighted by molar-refractivity contribution is 0.0786. The molecule has 1 saturated heterocycles. The van der Waals surface area contributed by atoms with Gasteiger partial charge in [-0.3, -0.25) is 19.4 Å². The Morgan fingerprint density at radius 2 is 1.68 bits per heavy atom. The Kier molecular flexibility index (Phi) is 4.88. The highest BCUT2D eigenvalue weighted by Gasteiger charge is 2.21. The summed E-state index contributed by atoms with van der Waals surface area (Å²) < 4.78 is 0. The second kappa shape index (κ2) is 7.25. The second-order valence-electron chi connectivity index (χ2n) is 6.02. The van der Waals surface area contributed by atoms with Gasteiger partial charge in [0.2, 0.25) is 0 Å². The first-order valence-corrected chi connectivity index (χ1v) is 8.22. The number of hydrogen-bond acceptors (Lipinski definition) is 4. The summed E-state index contributed by atoms with van der Waals surface area (Å²) in [5.41, 5.74) is 1.81. The highest BCUT2D eigenvalue weighted by Crippen LogP contribution is 2.15. The summed E-state index contributed by atoms with van der Waals surface area (Å²) in [5.74, 6) is -0.497. The van der Waals surface area contributed by atoms with Crippen LogP contribution < -0.4 is 5.32 Å². The second-order valence-corrected chi connectivity index (χ2v) is 6.02. The van der Waals surface area contributed by atoms with Crippen LogP contribution in [0.25, 0.3) is 0 Å². The number of benzene rings is 1. The van der Waals surface area contributed by atoms with Crippen molar-refractivity contribution in [2.24, 2.45) is 0 Å². The average molecular weight is 337 g/mol. The summed E-state index contributed by atoms with van der Waals surface area (Å²) in [6.45, 7) is 2.96. The predicted molar refractivity (Wildman–Crippen MR) is 93.8 cm³/mol. The van der Waals surface area contributed by atoms with E-state index in [0.717, 1.165) is 25.9 Å². The van der Waals surface area contributed by atoms with Gasteiger partial charge in [0.1, 0.15) is 5.69 Å². The van der Waals surface area contributed by atoms with Crippen LogP contribution in [0.2, 0.25) is 0 Å². The van der Waals surface area contributed by atoms with E-state index in [1.165, 1.54) is 19.2 Å². The Morgan fingerprint density at radius 3 is 2.32 bits per heavy atom. The lowest BCUT2D eigenvalue weighted by atomic mass is 10.1. The van der Waals surface area contributed by atoms with Crippen molar-refractivity contribution in [1.82, 2.24) is 9.88 Å². The van der Waals surface area contributed by atoms with Crippen molar-refractivity contribution in [2.45, 2.75) is 19.8 Å². The summed E-state index contributed by atoms with van der Waals surface area (Å²) >= 11 is 0. The van der Waals surface area contributed by atoms with Crippen molar-refractivity contribution in [2.75, 3.05) is 18.4 Å². The molecule has 1 aromatic carbocycles. The molecular weight excluding hydrogens is 318 g/mol. The quantitative estimate of drug-likeness (QED) is 0.870. The van der Waals surface area contributed by atoms with E-state index in [9.17, 15) is 14.4 Å². The number of carbonyl (C=O) groups is 3. The molecule has 25 heavy (non-hydrogen) atoms. The van der Waals surface area contributed by atoms with Crippen molar-refractivity contribution < 1.29 is 14.4 Å². The van der Waals surface area contributed by atoms with E-state index in [1.807, 2.05) is 0 Å². The number of nitrogens with zero attached hydrogens (tertiary/aromatic N) is 2. The van der Waals surface area contributed by atoms with E-state index in [-0.39, 0.29) is 23.3 Å². The van der Waals surface area contributed by atoms with Crippen LogP contribution >= 0.6 is 0 Å². The molecule has 1 aromatic heterocycles. The number of hydrogen-bond donors (Lipinski definition) is 1. The first-order valence-electron chi connectivity index (χ1n) is 8.22. The molecule has 0 bridgehead atoms. The van der Waals surface area contributed by atoms with Gasteiger partial charge in [-0.25, -0.2) is 0 Å². The first kappa shape index (κ1) is 16.8. The number of likely N-dealkylation sites (tertiary alicyclic amines) is 1. The summed E-state index contributed by atoms with van der Waals surface area (Å²) in [5, 5.41) is 2.76. The third-order valence-corrected chi connectivity index (χ3v) is 4.18. The minimum absolute atomic E-state index is 0.0305. The van der Waals surface area contributed by atoms with E-state index >= 15 is 0 Å². The maximum atomic E-state index is 12.4. The van der Waals surface area contributed by atoms with Gasteiger partial charge in [0, 0.05) is 36.1 Å². The summed E-state index contributed by atoms with van der Waals surface area (Å²) in [6, 6.07) is 9.75. The van der Waals surface area contributed by atoms with Crippen LogP contribution in [0.1, 0.15) is 51.0 Å². The number of amides is 2. The molecule has 1 N–H and O–H groups in total. The lowest BCUT2D eigenvalue weighted by Gasteiger charge is -2.14. The van der Waals surface area contributed by atoms with Crippen LogP contribution in [0.5, 0.6) is 0 Å². The Balaban J connectivity index is 1.72. The van der Waals surface area contributed by atoms with Crippen molar-refractivity contribution >= 4 is 23.3 Å². The van der Waals surface area contributed by atoms with Crippen molar-refractivity contribution in [3.8, 4) is 0 Å². The molecule has 1 fully saturated rings. The standard InChI is InChI=1S/C19H19N3O3/c1-13(23)14-4-6-16(7-5-14)21-18(24)15-8-9-20-17(12-15)19(25)22-10-2-3-11-22/h4-9,12H,2-3,10-11H2,1H3,(H,21,24). The van der Waals surface area contributed by atoms with E-state index < -0.39 is 0 Å².